The van der Waals surface area contributed by atoms with Crippen LogP contribution in [0.5, 0.6) is 0 Å². The number of aliphatic hydroxyl groups excluding tert-OH is 1. The molecule has 2 nitrogen and oxygen atoms in total. The van der Waals surface area contributed by atoms with Crippen molar-refractivity contribution in [2.45, 2.75) is 18.0 Å². The van der Waals surface area contributed by atoms with Gasteiger partial charge in [0.05, 0.1) is 12.0 Å². The van der Waals surface area contributed by atoms with Crippen LogP contribution in [-0.2, 0) is 5.75 Å². The molecule has 1 N–H and O–H groups in total. The lowest BCUT2D eigenvalue weighted by Gasteiger charge is -2.13. The number of furan rings is 1. The lowest BCUT2D eigenvalue weighted by atomic mass is 10.4. The number of thioether (sulfide) groups is 1. The first-order valence-corrected chi connectivity index (χ1v) is 5.00. The molecule has 0 spiro atoms. The quantitative estimate of drug-likeness (QED) is 0.856. The maximum Gasteiger partial charge on any atom is 0.415 e. The molecule has 1 heterocycles. The van der Waals surface area contributed by atoms with Crippen LogP contribution in [0.4, 0.5) is 13.2 Å². The summed E-state index contributed by atoms with van der Waals surface area (Å²) in [6, 6.07) is 3.34. The van der Waals surface area contributed by atoms with Gasteiger partial charge in [0.1, 0.15) is 5.76 Å². The highest BCUT2D eigenvalue weighted by molar-refractivity contribution is 7.98. The summed E-state index contributed by atoms with van der Waals surface area (Å²) in [6.07, 6.45) is -5.34. The van der Waals surface area contributed by atoms with Gasteiger partial charge in [-0.2, -0.15) is 24.9 Å². The average molecular weight is 226 g/mol. The highest BCUT2D eigenvalue weighted by atomic mass is 32.2. The number of hydrogen-bond donors (Lipinski definition) is 1. The Hall–Kier alpha value is -0.620. The molecule has 0 bridgehead atoms. The van der Waals surface area contributed by atoms with Gasteiger partial charge in [0.2, 0.25) is 0 Å². The van der Waals surface area contributed by atoms with Crippen LogP contribution in [0.1, 0.15) is 5.76 Å². The van der Waals surface area contributed by atoms with Gasteiger partial charge in [0.25, 0.3) is 0 Å². The van der Waals surface area contributed by atoms with Gasteiger partial charge in [-0.25, -0.2) is 0 Å². The summed E-state index contributed by atoms with van der Waals surface area (Å²) in [5.41, 5.74) is 0. The number of alkyl halides is 3. The fourth-order valence-corrected chi connectivity index (χ4v) is 1.66. The Balaban J connectivity index is 2.22. The monoisotopic (exact) mass is 226 g/mol. The smallest absolute Gasteiger partial charge is 0.415 e. The van der Waals surface area contributed by atoms with E-state index in [1.165, 1.54) is 6.26 Å². The van der Waals surface area contributed by atoms with E-state index in [-0.39, 0.29) is 5.75 Å². The first kappa shape index (κ1) is 11.5. The summed E-state index contributed by atoms with van der Waals surface area (Å²) in [5.74, 6) is 0.564. The minimum Gasteiger partial charge on any atom is -0.468 e. The van der Waals surface area contributed by atoms with Crippen LogP contribution >= 0.6 is 11.8 Å². The lowest BCUT2D eigenvalue weighted by Crippen LogP contribution is -2.30. The van der Waals surface area contributed by atoms with Gasteiger partial charge in [-0.15, -0.1) is 0 Å². The Bertz CT molecular complexity index is 258. The molecule has 1 atom stereocenters. The number of aliphatic hydroxyl groups is 1. The molecule has 6 heteroatoms. The van der Waals surface area contributed by atoms with Crippen LogP contribution in [0.2, 0.25) is 0 Å². The molecule has 1 aromatic rings. The van der Waals surface area contributed by atoms with Gasteiger partial charge >= 0.3 is 6.18 Å². The van der Waals surface area contributed by atoms with E-state index in [2.05, 4.69) is 0 Å². The Morgan fingerprint density at radius 1 is 1.50 bits per heavy atom. The lowest BCUT2D eigenvalue weighted by molar-refractivity contribution is -0.195. The van der Waals surface area contributed by atoms with Crippen molar-refractivity contribution in [3.05, 3.63) is 24.2 Å². The van der Waals surface area contributed by atoms with Gasteiger partial charge in [0.15, 0.2) is 6.10 Å². The maximum absolute atomic E-state index is 11.8. The topological polar surface area (TPSA) is 33.4 Å². The number of rotatable bonds is 4. The van der Waals surface area contributed by atoms with Crippen molar-refractivity contribution in [2.24, 2.45) is 0 Å². The first-order chi connectivity index (χ1) is 6.50. The van der Waals surface area contributed by atoms with Crippen LogP contribution < -0.4 is 0 Å². The molecule has 1 unspecified atom stereocenters. The van der Waals surface area contributed by atoms with Gasteiger partial charge in [0, 0.05) is 5.75 Å². The average Bonchev–Trinajstić information content (AvgIpc) is 2.55. The van der Waals surface area contributed by atoms with E-state index < -0.39 is 12.3 Å². The summed E-state index contributed by atoms with van der Waals surface area (Å²) in [7, 11) is 0. The second-order valence-corrected chi connectivity index (χ2v) is 3.68. The standard InChI is InChI=1S/C8H9F3O2S/c9-8(10,11)7(12)5-14-4-6-2-1-3-13-6/h1-3,7,12H,4-5H2. The van der Waals surface area contributed by atoms with Crippen molar-refractivity contribution in [3.63, 3.8) is 0 Å². The first-order valence-electron chi connectivity index (χ1n) is 3.85. The van der Waals surface area contributed by atoms with Gasteiger partial charge in [-0.3, -0.25) is 0 Å². The Morgan fingerprint density at radius 2 is 2.21 bits per heavy atom. The molecule has 0 aromatic carbocycles. The zero-order chi connectivity index (χ0) is 10.6. The van der Waals surface area contributed by atoms with Crippen molar-refractivity contribution in [1.82, 2.24) is 0 Å². The summed E-state index contributed by atoms with van der Waals surface area (Å²) in [4.78, 5) is 0. The van der Waals surface area contributed by atoms with E-state index in [0.29, 0.717) is 11.5 Å². The van der Waals surface area contributed by atoms with E-state index in [1.54, 1.807) is 12.1 Å². The second-order valence-electron chi connectivity index (χ2n) is 2.65. The molecule has 0 aliphatic heterocycles. The predicted octanol–water partition coefficient (Wildman–Crippen LogP) is 2.44. The molecule has 0 saturated heterocycles. The molecule has 0 aliphatic carbocycles. The van der Waals surface area contributed by atoms with E-state index in [1.807, 2.05) is 0 Å². The number of halogens is 3. The van der Waals surface area contributed by atoms with E-state index in [4.69, 9.17) is 9.52 Å². The molecule has 0 saturated carbocycles. The van der Waals surface area contributed by atoms with E-state index >= 15 is 0 Å². The van der Waals surface area contributed by atoms with Crippen molar-refractivity contribution >= 4 is 11.8 Å². The van der Waals surface area contributed by atoms with Gasteiger partial charge < -0.3 is 9.52 Å². The second kappa shape index (κ2) is 4.75. The number of hydrogen-bond acceptors (Lipinski definition) is 3. The predicted molar refractivity (Wildman–Crippen MR) is 46.9 cm³/mol. The third-order valence-corrected chi connectivity index (χ3v) is 2.52. The molecule has 0 fully saturated rings. The fraction of sp³-hybridized carbons (Fsp3) is 0.500. The fourth-order valence-electron chi connectivity index (χ4n) is 0.760. The van der Waals surface area contributed by atoms with Crippen LogP contribution in [0.3, 0.4) is 0 Å². The minimum absolute atomic E-state index is 0.333. The summed E-state index contributed by atoms with van der Waals surface area (Å²) in [6.45, 7) is 0. The van der Waals surface area contributed by atoms with Crippen molar-refractivity contribution < 1.29 is 22.7 Å². The molecule has 1 rings (SSSR count). The normalized spacial score (nSPS) is 14.3. The van der Waals surface area contributed by atoms with Gasteiger partial charge in [-0.1, -0.05) is 0 Å². The summed E-state index contributed by atoms with van der Waals surface area (Å²) < 4.78 is 40.4. The van der Waals surface area contributed by atoms with Crippen molar-refractivity contribution in [3.8, 4) is 0 Å². The van der Waals surface area contributed by atoms with Crippen LogP contribution in [0.15, 0.2) is 22.8 Å². The third-order valence-electron chi connectivity index (χ3n) is 1.48. The molecule has 0 radical (unpaired) electrons. The van der Waals surface area contributed by atoms with Crippen molar-refractivity contribution in [2.75, 3.05) is 5.75 Å². The Kier molecular flexibility index (Phi) is 3.88. The minimum atomic E-state index is -4.53. The highest BCUT2D eigenvalue weighted by Gasteiger charge is 2.37. The summed E-state index contributed by atoms with van der Waals surface area (Å²) in [5, 5.41) is 8.64. The molecular formula is C8H9F3O2S. The maximum atomic E-state index is 11.8. The van der Waals surface area contributed by atoms with Gasteiger partial charge in [-0.05, 0) is 12.1 Å². The SMILES string of the molecule is OC(CSCc1ccco1)C(F)(F)F. The zero-order valence-corrected chi connectivity index (χ0v) is 7.94. The van der Waals surface area contributed by atoms with Crippen LogP contribution in [0.25, 0.3) is 0 Å². The Morgan fingerprint density at radius 3 is 2.71 bits per heavy atom. The molecular weight excluding hydrogens is 217 g/mol. The van der Waals surface area contributed by atoms with Crippen LogP contribution in [-0.4, -0.2) is 23.1 Å². The molecule has 80 valence electrons. The molecule has 0 amide bonds. The van der Waals surface area contributed by atoms with E-state index in [9.17, 15) is 13.2 Å². The highest BCUT2D eigenvalue weighted by Crippen LogP contribution is 2.24. The van der Waals surface area contributed by atoms with E-state index in [0.717, 1.165) is 11.8 Å². The molecule has 0 aliphatic rings. The zero-order valence-electron chi connectivity index (χ0n) is 7.12. The molecule has 14 heavy (non-hydrogen) atoms. The third kappa shape index (κ3) is 3.63. The van der Waals surface area contributed by atoms with Crippen molar-refractivity contribution in [1.29, 1.82) is 0 Å². The van der Waals surface area contributed by atoms with Crippen LogP contribution in [0, 0.1) is 0 Å². The Labute approximate surface area is 83.1 Å². The summed E-state index contributed by atoms with van der Waals surface area (Å²) >= 11 is 0.982. The molecule has 1 aromatic heterocycles. The largest absolute Gasteiger partial charge is 0.468 e.